The largest absolute Gasteiger partial charge is 0.327 e. The Labute approximate surface area is 151 Å². The monoisotopic (exact) mass is 366 g/mol. The molecule has 3 rings (SSSR count). The summed E-state index contributed by atoms with van der Waals surface area (Å²) in [5.74, 6) is 0.877. The summed E-state index contributed by atoms with van der Waals surface area (Å²) in [5.41, 5.74) is 6.89. The number of carbonyl (C=O) groups excluding carboxylic acids is 1. The first-order valence-electron chi connectivity index (χ1n) is 8.04. The molecule has 0 unspecified atom stereocenters. The molecule has 1 fully saturated rings. The Kier molecular flexibility index (Phi) is 5.43. The SMILES string of the molecule is N[C@@H]1CCC[C@H]1CC(=O)Nc1ccnn1Cc1cccc(Cl)c1Cl. The van der Waals surface area contributed by atoms with Crippen LogP contribution in [0.4, 0.5) is 5.82 Å². The standard InChI is InChI=1S/C17H20Cl2N4O/c18-13-5-1-4-12(17(13)19)10-23-15(7-8-21-23)22-16(24)9-11-3-2-6-14(11)20/h1,4-5,7-8,11,14H,2-3,6,9-10,20H2,(H,22,24)/t11-,14+/m0/s1. The smallest absolute Gasteiger partial charge is 0.225 e. The van der Waals surface area contributed by atoms with Crippen molar-refractivity contribution in [3.8, 4) is 0 Å². The maximum absolute atomic E-state index is 12.3. The number of hydrogen-bond donors (Lipinski definition) is 2. The van der Waals surface area contributed by atoms with E-state index in [1.54, 1.807) is 23.0 Å². The van der Waals surface area contributed by atoms with Gasteiger partial charge in [-0.3, -0.25) is 4.79 Å². The minimum atomic E-state index is -0.0312. The van der Waals surface area contributed by atoms with Crippen LogP contribution in [-0.2, 0) is 11.3 Å². The predicted molar refractivity (Wildman–Crippen MR) is 96.4 cm³/mol. The number of rotatable bonds is 5. The molecule has 1 saturated carbocycles. The number of nitrogens with one attached hydrogen (secondary N) is 1. The van der Waals surface area contributed by atoms with E-state index < -0.39 is 0 Å². The summed E-state index contributed by atoms with van der Waals surface area (Å²) < 4.78 is 1.70. The molecule has 5 nitrogen and oxygen atoms in total. The summed E-state index contributed by atoms with van der Waals surface area (Å²) in [6.45, 7) is 0.435. The predicted octanol–water partition coefficient (Wildman–Crippen LogP) is 3.69. The summed E-state index contributed by atoms with van der Waals surface area (Å²) in [7, 11) is 0. The molecule has 2 atom stereocenters. The highest BCUT2D eigenvalue weighted by Gasteiger charge is 2.26. The van der Waals surface area contributed by atoms with E-state index in [-0.39, 0.29) is 17.9 Å². The molecule has 0 saturated heterocycles. The van der Waals surface area contributed by atoms with Gasteiger partial charge in [-0.25, -0.2) is 4.68 Å². The van der Waals surface area contributed by atoms with Crippen LogP contribution < -0.4 is 11.1 Å². The normalized spacial score (nSPS) is 20.3. The molecule has 1 aliphatic carbocycles. The number of hydrogen-bond acceptors (Lipinski definition) is 3. The van der Waals surface area contributed by atoms with Crippen LogP contribution in [0.5, 0.6) is 0 Å². The van der Waals surface area contributed by atoms with E-state index in [9.17, 15) is 4.79 Å². The summed E-state index contributed by atoms with van der Waals surface area (Å²) in [6.07, 6.45) is 5.22. The lowest BCUT2D eigenvalue weighted by Crippen LogP contribution is -2.28. The quantitative estimate of drug-likeness (QED) is 0.847. The Morgan fingerprint density at radius 3 is 2.92 bits per heavy atom. The average molecular weight is 367 g/mol. The fraction of sp³-hybridized carbons (Fsp3) is 0.412. The van der Waals surface area contributed by atoms with Crippen molar-refractivity contribution in [2.75, 3.05) is 5.32 Å². The van der Waals surface area contributed by atoms with Gasteiger partial charge in [-0.05, 0) is 30.4 Å². The number of carbonyl (C=O) groups is 1. The Hall–Kier alpha value is -1.56. The van der Waals surface area contributed by atoms with Crippen LogP contribution in [0.3, 0.4) is 0 Å². The van der Waals surface area contributed by atoms with E-state index in [4.69, 9.17) is 28.9 Å². The maximum Gasteiger partial charge on any atom is 0.225 e. The van der Waals surface area contributed by atoms with Crippen molar-refractivity contribution in [2.24, 2.45) is 11.7 Å². The van der Waals surface area contributed by atoms with Crippen molar-refractivity contribution in [2.45, 2.75) is 38.3 Å². The molecule has 3 N–H and O–H groups in total. The molecule has 1 heterocycles. The van der Waals surface area contributed by atoms with Gasteiger partial charge >= 0.3 is 0 Å². The van der Waals surface area contributed by atoms with Gasteiger partial charge in [0, 0.05) is 18.5 Å². The zero-order chi connectivity index (χ0) is 17.1. The third-order valence-electron chi connectivity index (χ3n) is 4.50. The van der Waals surface area contributed by atoms with Gasteiger partial charge in [0.1, 0.15) is 5.82 Å². The van der Waals surface area contributed by atoms with E-state index in [2.05, 4.69) is 10.4 Å². The third kappa shape index (κ3) is 3.91. The van der Waals surface area contributed by atoms with Crippen LogP contribution in [0, 0.1) is 5.92 Å². The molecule has 7 heteroatoms. The van der Waals surface area contributed by atoms with E-state index >= 15 is 0 Å². The average Bonchev–Trinajstić information content (AvgIpc) is 3.14. The minimum absolute atomic E-state index is 0.0312. The first-order valence-corrected chi connectivity index (χ1v) is 8.80. The molecule has 0 radical (unpaired) electrons. The molecule has 1 aromatic heterocycles. The van der Waals surface area contributed by atoms with Gasteiger partial charge in [0.25, 0.3) is 0 Å². The van der Waals surface area contributed by atoms with Gasteiger partial charge in [0.2, 0.25) is 5.91 Å². The van der Waals surface area contributed by atoms with Crippen molar-refractivity contribution < 1.29 is 4.79 Å². The molecule has 1 amide bonds. The fourth-order valence-corrected chi connectivity index (χ4v) is 3.53. The highest BCUT2D eigenvalue weighted by atomic mass is 35.5. The second-order valence-corrected chi connectivity index (χ2v) is 6.98. The van der Waals surface area contributed by atoms with Crippen molar-refractivity contribution in [1.29, 1.82) is 0 Å². The topological polar surface area (TPSA) is 72.9 Å². The number of aromatic nitrogens is 2. The van der Waals surface area contributed by atoms with Crippen LogP contribution >= 0.6 is 23.2 Å². The second kappa shape index (κ2) is 7.55. The molecule has 0 aliphatic heterocycles. The van der Waals surface area contributed by atoms with Gasteiger partial charge in [-0.15, -0.1) is 0 Å². The van der Waals surface area contributed by atoms with Crippen molar-refractivity contribution in [3.05, 3.63) is 46.1 Å². The Morgan fingerprint density at radius 2 is 2.17 bits per heavy atom. The first-order chi connectivity index (χ1) is 11.5. The lowest BCUT2D eigenvalue weighted by molar-refractivity contribution is -0.117. The van der Waals surface area contributed by atoms with E-state index in [1.165, 1.54) is 0 Å². The molecule has 1 aromatic carbocycles. The van der Waals surface area contributed by atoms with E-state index in [0.717, 1.165) is 24.8 Å². The molecular weight excluding hydrogens is 347 g/mol. The number of nitrogens with zero attached hydrogens (tertiary/aromatic N) is 2. The molecule has 0 bridgehead atoms. The number of nitrogens with two attached hydrogens (primary N) is 1. The zero-order valence-corrected chi connectivity index (χ0v) is 14.7. The number of amides is 1. The van der Waals surface area contributed by atoms with Crippen molar-refractivity contribution in [1.82, 2.24) is 9.78 Å². The first kappa shape index (κ1) is 17.3. The van der Waals surface area contributed by atoms with Crippen LogP contribution in [0.15, 0.2) is 30.5 Å². The van der Waals surface area contributed by atoms with Gasteiger partial charge in [0.05, 0.1) is 22.8 Å². The van der Waals surface area contributed by atoms with Gasteiger partial charge in [-0.1, -0.05) is 41.8 Å². The van der Waals surface area contributed by atoms with E-state index in [0.29, 0.717) is 28.8 Å². The number of anilines is 1. The maximum atomic E-state index is 12.3. The highest BCUT2D eigenvalue weighted by Crippen LogP contribution is 2.28. The number of halogens is 2. The minimum Gasteiger partial charge on any atom is -0.327 e. The molecule has 24 heavy (non-hydrogen) atoms. The Balaban J connectivity index is 1.66. The molecule has 2 aromatic rings. The number of benzene rings is 1. The zero-order valence-electron chi connectivity index (χ0n) is 13.2. The molecule has 0 spiro atoms. The van der Waals surface area contributed by atoms with Crippen LogP contribution in [-0.4, -0.2) is 21.7 Å². The molecular formula is C17H20Cl2N4O. The Morgan fingerprint density at radius 1 is 1.33 bits per heavy atom. The summed E-state index contributed by atoms with van der Waals surface area (Å²) >= 11 is 12.3. The van der Waals surface area contributed by atoms with Gasteiger partial charge < -0.3 is 11.1 Å². The molecule has 128 valence electrons. The van der Waals surface area contributed by atoms with Crippen LogP contribution in [0.1, 0.15) is 31.2 Å². The molecule has 1 aliphatic rings. The second-order valence-electron chi connectivity index (χ2n) is 6.19. The highest BCUT2D eigenvalue weighted by molar-refractivity contribution is 6.42. The van der Waals surface area contributed by atoms with Gasteiger partial charge in [0.15, 0.2) is 0 Å². The summed E-state index contributed by atoms with van der Waals surface area (Å²) in [5, 5.41) is 8.19. The Bertz CT molecular complexity index is 731. The van der Waals surface area contributed by atoms with Crippen LogP contribution in [0.2, 0.25) is 10.0 Å². The lowest BCUT2D eigenvalue weighted by atomic mass is 10.00. The van der Waals surface area contributed by atoms with Gasteiger partial charge in [-0.2, -0.15) is 5.10 Å². The van der Waals surface area contributed by atoms with Crippen molar-refractivity contribution in [3.63, 3.8) is 0 Å². The lowest BCUT2D eigenvalue weighted by Gasteiger charge is -2.15. The fourth-order valence-electron chi connectivity index (χ4n) is 3.15. The third-order valence-corrected chi connectivity index (χ3v) is 5.36. The van der Waals surface area contributed by atoms with E-state index in [1.807, 2.05) is 12.1 Å². The van der Waals surface area contributed by atoms with Crippen molar-refractivity contribution >= 4 is 34.9 Å². The summed E-state index contributed by atoms with van der Waals surface area (Å²) in [6, 6.07) is 7.37. The summed E-state index contributed by atoms with van der Waals surface area (Å²) in [4.78, 5) is 12.3. The van der Waals surface area contributed by atoms with Crippen LogP contribution in [0.25, 0.3) is 0 Å².